The Hall–Kier alpha value is -1.30. The van der Waals surface area contributed by atoms with Gasteiger partial charge in [-0.1, -0.05) is 12.1 Å². The third kappa shape index (κ3) is 6.42. The normalized spacial score (nSPS) is 12.2. The first-order valence-corrected chi connectivity index (χ1v) is 6.41. The van der Waals surface area contributed by atoms with Gasteiger partial charge in [-0.15, -0.1) is 0 Å². The van der Waals surface area contributed by atoms with Gasteiger partial charge in [-0.25, -0.2) is 0 Å². The minimum absolute atomic E-state index is 0.374. The van der Waals surface area contributed by atoms with E-state index in [0.29, 0.717) is 19.6 Å². The van der Waals surface area contributed by atoms with Gasteiger partial charge in [-0.2, -0.15) is 0 Å². The number of ether oxygens (including phenoxy) is 3. The fourth-order valence-corrected chi connectivity index (χ4v) is 1.64. The van der Waals surface area contributed by atoms with E-state index in [0.717, 1.165) is 24.6 Å². The van der Waals surface area contributed by atoms with Crippen molar-refractivity contribution in [1.29, 1.82) is 0 Å². The lowest BCUT2D eigenvalue weighted by molar-refractivity contribution is 0.0593. The molecule has 0 spiro atoms. The van der Waals surface area contributed by atoms with Gasteiger partial charge in [0.25, 0.3) is 0 Å². The number of para-hydroxylation sites is 2. The molecule has 0 radical (unpaired) electrons. The molecular formula is C14H23NO4. The van der Waals surface area contributed by atoms with Crippen molar-refractivity contribution in [1.82, 2.24) is 5.32 Å². The molecule has 0 aliphatic heterocycles. The fraction of sp³-hybridized carbons (Fsp3) is 0.571. The van der Waals surface area contributed by atoms with Crippen LogP contribution in [-0.2, 0) is 4.74 Å². The van der Waals surface area contributed by atoms with Crippen LogP contribution >= 0.6 is 0 Å². The SMILES string of the molecule is COCC(O)CCNCCOc1ccccc1OC. The number of nitrogens with one attached hydrogen (secondary N) is 1. The zero-order chi connectivity index (χ0) is 13.9. The first-order valence-electron chi connectivity index (χ1n) is 6.41. The lowest BCUT2D eigenvalue weighted by Gasteiger charge is -2.12. The summed E-state index contributed by atoms with van der Waals surface area (Å²) in [6.07, 6.45) is 0.260. The molecular weight excluding hydrogens is 246 g/mol. The molecule has 5 heteroatoms. The summed E-state index contributed by atoms with van der Waals surface area (Å²) >= 11 is 0. The van der Waals surface area contributed by atoms with Gasteiger partial charge in [0.15, 0.2) is 11.5 Å². The number of hydrogen-bond acceptors (Lipinski definition) is 5. The molecule has 2 N–H and O–H groups in total. The second-order valence-electron chi connectivity index (χ2n) is 4.15. The second-order valence-corrected chi connectivity index (χ2v) is 4.15. The molecule has 1 unspecified atom stereocenters. The van der Waals surface area contributed by atoms with Crippen molar-refractivity contribution in [3.05, 3.63) is 24.3 Å². The number of benzene rings is 1. The van der Waals surface area contributed by atoms with E-state index in [4.69, 9.17) is 14.2 Å². The Morgan fingerprint density at radius 1 is 1.16 bits per heavy atom. The molecule has 0 amide bonds. The molecule has 0 aliphatic rings. The van der Waals surface area contributed by atoms with E-state index in [1.54, 1.807) is 14.2 Å². The minimum Gasteiger partial charge on any atom is -0.493 e. The Morgan fingerprint density at radius 3 is 2.58 bits per heavy atom. The van der Waals surface area contributed by atoms with E-state index in [9.17, 15) is 5.11 Å². The number of methoxy groups -OCH3 is 2. The summed E-state index contributed by atoms with van der Waals surface area (Å²) < 4.78 is 15.6. The van der Waals surface area contributed by atoms with Crippen LogP contribution in [0, 0.1) is 0 Å². The molecule has 1 aromatic rings. The maximum atomic E-state index is 9.44. The third-order valence-electron chi connectivity index (χ3n) is 2.62. The molecule has 1 aromatic carbocycles. The van der Waals surface area contributed by atoms with Crippen LogP contribution < -0.4 is 14.8 Å². The number of aliphatic hydroxyl groups excluding tert-OH is 1. The lowest BCUT2D eigenvalue weighted by Crippen LogP contribution is -2.26. The third-order valence-corrected chi connectivity index (χ3v) is 2.62. The van der Waals surface area contributed by atoms with Crippen molar-refractivity contribution in [3.63, 3.8) is 0 Å². The fourth-order valence-electron chi connectivity index (χ4n) is 1.64. The van der Waals surface area contributed by atoms with E-state index in [2.05, 4.69) is 5.32 Å². The first kappa shape index (κ1) is 15.8. The topological polar surface area (TPSA) is 60.0 Å². The van der Waals surface area contributed by atoms with Gasteiger partial charge in [0, 0.05) is 13.7 Å². The zero-order valence-electron chi connectivity index (χ0n) is 11.6. The van der Waals surface area contributed by atoms with Crippen LogP contribution in [-0.4, -0.2) is 51.7 Å². The van der Waals surface area contributed by atoms with Crippen molar-refractivity contribution in [2.75, 3.05) is 40.5 Å². The molecule has 0 fully saturated rings. The predicted molar refractivity (Wildman–Crippen MR) is 73.9 cm³/mol. The van der Waals surface area contributed by atoms with Crippen LogP contribution in [0.2, 0.25) is 0 Å². The van der Waals surface area contributed by atoms with Gasteiger partial charge in [-0.3, -0.25) is 0 Å². The average Bonchev–Trinajstić information content (AvgIpc) is 2.43. The van der Waals surface area contributed by atoms with E-state index in [-0.39, 0.29) is 0 Å². The molecule has 108 valence electrons. The monoisotopic (exact) mass is 269 g/mol. The summed E-state index contributed by atoms with van der Waals surface area (Å²) in [5.41, 5.74) is 0. The zero-order valence-corrected chi connectivity index (χ0v) is 11.6. The highest BCUT2D eigenvalue weighted by molar-refractivity contribution is 5.39. The van der Waals surface area contributed by atoms with E-state index < -0.39 is 6.10 Å². The lowest BCUT2D eigenvalue weighted by atomic mass is 10.3. The van der Waals surface area contributed by atoms with Gasteiger partial charge in [0.2, 0.25) is 0 Å². The Kier molecular flexibility index (Phi) is 7.97. The summed E-state index contributed by atoms with van der Waals surface area (Å²) in [5.74, 6) is 1.48. The van der Waals surface area contributed by atoms with Gasteiger partial charge < -0.3 is 24.6 Å². The van der Waals surface area contributed by atoms with Crippen LogP contribution in [0.3, 0.4) is 0 Å². The van der Waals surface area contributed by atoms with Gasteiger partial charge in [-0.05, 0) is 25.1 Å². The summed E-state index contributed by atoms with van der Waals surface area (Å²) in [4.78, 5) is 0. The molecule has 1 atom stereocenters. The van der Waals surface area contributed by atoms with Gasteiger partial charge in [0.1, 0.15) is 6.61 Å². The first-order chi connectivity index (χ1) is 9.27. The molecule has 19 heavy (non-hydrogen) atoms. The summed E-state index contributed by atoms with van der Waals surface area (Å²) in [6.45, 7) is 2.39. The Bertz CT molecular complexity index is 346. The van der Waals surface area contributed by atoms with Crippen LogP contribution in [0.25, 0.3) is 0 Å². The maximum absolute atomic E-state index is 9.44. The molecule has 0 bridgehead atoms. The Morgan fingerprint density at radius 2 is 1.89 bits per heavy atom. The smallest absolute Gasteiger partial charge is 0.161 e. The van der Waals surface area contributed by atoms with E-state index >= 15 is 0 Å². The van der Waals surface area contributed by atoms with Gasteiger partial charge in [0.05, 0.1) is 19.8 Å². The van der Waals surface area contributed by atoms with Crippen molar-refractivity contribution in [3.8, 4) is 11.5 Å². The van der Waals surface area contributed by atoms with E-state index in [1.165, 1.54) is 0 Å². The number of rotatable bonds is 10. The van der Waals surface area contributed by atoms with Crippen molar-refractivity contribution in [2.24, 2.45) is 0 Å². The largest absolute Gasteiger partial charge is 0.493 e. The molecule has 5 nitrogen and oxygen atoms in total. The standard InChI is InChI=1S/C14H23NO4/c1-17-11-12(16)7-8-15-9-10-19-14-6-4-3-5-13(14)18-2/h3-6,12,15-16H,7-11H2,1-2H3. The number of hydrogen-bond donors (Lipinski definition) is 2. The highest BCUT2D eigenvalue weighted by Gasteiger charge is 2.03. The number of aliphatic hydroxyl groups is 1. The molecule has 0 saturated heterocycles. The van der Waals surface area contributed by atoms with Crippen molar-refractivity contribution < 1.29 is 19.3 Å². The van der Waals surface area contributed by atoms with E-state index in [1.807, 2.05) is 24.3 Å². The minimum atomic E-state index is -0.410. The molecule has 0 aromatic heterocycles. The van der Waals surface area contributed by atoms with Crippen LogP contribution in [0.1, 0.15) is 6.42 Å². The molecule has 1 rings (SSSR count). The summed E-state index contributed by atoms with van der Waals surface area (Å²) in [6, 6.07) is 7.55. The van der Waals surface area contributed by atoms with Gasteiger partial charge >= 0.3 is 0 Å². The maximum Gasteiger partial charge on any atom is 0.161 e. The Labute approximate surface area is 114 Å². The molecule has 0 saturated carbocycles. The van der Waals surface area contributed by atoms with Crippen LogP contribution in [0.15, 0.2) is 24.3 Å². The van der Waals surface area contributed by atoms with Crippen LogP contribution in [0.5, 0.6) is 11.5 Å². The quantitative estimate of drug-likeness (QED) is 0.622. The summed E-state index contributed by atoms with van der Waals surface area (Å²) in [5, 5.41) is 12.6. The predicted octanol–water partition coefficient (Wildman–Crippen LogP) is 1.06. The molecule has 0 heterocycles. The summed E-state index contributed by atoms with van der Waals surface area (Å²) in [7, 11) is 3.20. The average molecular weight is 269 g/mol. The second kappa shape index (κ2) is 9.61. The highest BCUT2D eigenvalue weighted by atomic mass is 16.5. The molecule has 0 aliphatic carbocycles. The highest BCUT2D eigenvalue weighted by Crippen LogP contribution is 2.25. The van der Waals surface area contributed by atoms with Crippen molar-refractivity contribution >= 4 is 0 Å². The van der Waals surface area contributed by atoms with Crippen molar-refractivity contribution in [2.45, 2.75) is 12.5 Å². The van der Waals surface area contributed by atoms with Crippen LogP contribution in [0.4, 0.5) is 0 Å². The Balaban J connectivity index is 2.10.